The number of nitrogens with zero attached hydrogens (tertiary/aromatic N) is 3. The number of piperidine rings is 2. The lowest BCUT2D eigenvalue weighted by Crippen LogP contribution is -2.35. The van der Waals surface area contributed by atoms with E-state index in [0.29, 0.717) is 6.04 Å². The second kappa shape index (κ2) is 10.1. The molecule has 3 nitrogen and oxygen atoms in total. The Balaban J connectivity index is 1.19. The number of fused-ring (bicyclic) bond motifs is 1. The van der Waals surface area contributed by atoms with E-state index in [2.05, 4.69) is 46.0 Å². The molecule has 0 N–H and O–H groups in total. The molecule has 0 unspecified atom stereocenters. The Labute approximate surface area is 173 Å². The van der Waals surface area contributed by atoms with E-state index in [1.807, 2.05) is 0 Å². The van der Waals surface area contributed by atoms with Crippen molar-refractivity contribution in [2.75, 3.05) is 44.7 Å². The maximum atomic E-state index is 2.80. The minimum absolute atomic E-state index is 0.680. The lowest BCUT2D eigenvalue weighted by molar-refractivity contribution is 0.150. The molecule has 1 aromatic rings. The molecule has 28 heavy (non-hydrogen) atoms. The second-order valence-electron chi connectivity index (χ2n) is 9.46. The van der Waals surface area contributed by atoms with E-state index in [1.54, 1.807) is 5.56 Å². The summed E-state index contributed by atoms with van der Waals surface area (Å²) in [7, 11) is 2.26. The summed E-state index contributed by atoms with van der Waals surface area (Å²) in [4.78, 5) is 7.91. The molecule has 0 amide bonds. The van der Waals surface area contributed by atoms with Crippen molar-refractivity contribution >= 4 is 5.69 Å². The SMILES string of the molecule is CN(CCCCCN1CCCCC1)c1ccc([C@H]2CC[C@H]3CCCCN32)cc1. The highest BCUT2D eigenvalue weighted by atomic mass is 15.2. The molecule has 1 aromatic carbocycles. The normalized spacial score (nSPS) is 26.3. The predicted molar refractivity (Wildman–Crippen MR) is 120 cm³/mol. The van der Waals surface area contributed by atoms with Crippen LogP contribution in [-0.4, -0.2) is 55.6 Å². The highest BCUT2D eigenvalue weighted by Gasteiger charge is 2.35. The van der Waals surface area contributed by atoms with E-state index >= 15 is 0 Å². The third kappa shape index (κ3) is 5.10. The van der Waals surface area contributed by atoms with Crippen LogP contribution in [0.1, 0.15) is 82.2 Å². The van der Waals surface area contributed by atoms with Crippen LogP contribution in [0.15, 0.2) is 24.3 Å². The minimum atomic E-state index is 0.680. The van der Waals surface area contributed by atoms with Gasteiger partial charge >= 0.3 is 0 Å². The van der Waals surface area contributed by atoms with Crippen LogP contribution < -0.4 is 4.90 Å². The molecule has 0 radical (unpaired) electrons. The minimum Gasteiger partial charge on any atom is -0.375 e. The van der Waals surface area contributed by atoms with Crippen LogP contribution in [0.5, 0.6) is 0 Å². The van der Waals surface area contributed by atoms with Crippen LogP contribution in [0.3, 0.4) is 0 Å². The topological polar surface area (TPSA) is 9.72 Å². The third-order valence-electron chi connectivity index (χ3n) is 7.48. The molecular formula is C25H41N3. The molecular weight excluding hydrogens is 342 g/mol. The summed E-state index contributed by atoms with van der Waals surface area (Å²) in [5.74, 6) is 0. The van der Waals surface area contributed by atoms with Gasteiger partial charge in [0.1, 0.15) is 0 Å². The highest BCUT2D eigenvalue weighted by Crippen LogP contribution is 2.40. The molecule has 4 rings (SSSR count). The second-order valence-corrected chi connectivity index (χ2v) is 9.46. The van der Waals surface area contributed by atoms with E-state index in [1.165, 1.54) is 109 Å². The van der Waals surface area contributed by atoms with Crippen LogP contribution in [0.2, 0.25) is 0 Å². The number of unbranched alkanes of at least 4 members (excludes halogenated alkanes) is 2. The monoisotopic (exact) mass is 383 g/mol. The Hall–Kier alpha value is -1.06. The molecule has 156 valence electrons. The molecule has 3 aliphatic heterocycles. The first-order chi connectivity index (χ1) is 13.8. The molecule has 3 aliphatic rings. The summed E-state index contributed by atoms with van der Waals surface area (Å²) in [5, 5.41) is 0. The fourth-order valence-electron chi connectivity index (χ4n) is 5.74. The number of rotatable bonds is 8. The number of benzene rings is 1. The maximum Gasteiger partial charge on any atom is 0.0363 e. The van der Waals surface area contributed by atoms with Gasteiger partial charge in [0.25, 0.3) is 0 Å². The summed E-state index contributed by atoms with van der Waals surface area (Å²) in [6, 6.07) is 11.1. The molecule has 2 atom stereocenters. The molecule has 0 saturated carbocycles. The van der Waals surface area contributed by atoms with Crippen LogP contribution in [0, 0.1) is 0 Å². The fourth-order valence-corrected chi connectivity index (χ4v) is 5.74. The van der Waals surface area contributed by atoms with Gasteiger partial charge < -0.3 is 9.80 Å². The Morgan fingerprint density at radius 3 is 2.43 bits per heavy atom. The van der Waals surface area contributed by atoms with Crippen molar-refractivity contribution in [2.45, 2.75) is 82.7 Å². The molecule has 3 saturated heterocycles. The van der Waals surface area contributed by atoms with Crippen LogP contribution in [-0.2, 0) is 0 Å². The van der Waals surface area contributed by atoms with E-state index in [-0.39, 0.29) is 0 Å². The van der Waals surface area contributed by atoms with Gasteiger partial charge in [-0.15, -0.1) is 0 Å². The summed E-state index contributed by atoms with van der Waals surface area (Å²) < 4.78 is 0. The van der Waals surface area contributed by atoms with Crippen LogP contribution >= 0.6 is 0 Å². The molecule has 0 bridgehead atoms. The number of hydrogen-bond donors (Lipinski definition) is 0. The molecule has 0 aliphatic carbocycles. The molecule has 3 heterocycles. The average Bonchev–Trinajstić information content (AvgIpc) is 3.18. The van der Waals surface area contributed by atoms with Gasteiger partial charge in [-0.1, -0.05) is 31.4 Å². The Morgan fingerprint density at radius 2 is 1.61 bits per heavy atom. The first-order valence-corrected chi connectivity index (χ1v) is 12.1. The van der Waals surface area contributed by atoms with E-state index in [9.17, 15) is 0 Å². The first-order valence-electron chi connectivity index (χ1n) is 12.1. The van der Waals surface area contributed by atoms with Gasteiger partial charge in [-0.3, -0.25) is 4.90 Å². The van der Waals surface area contributed by atoms with Gasteiger partial charge in [-0.25, -0.2) is 0 Å². The molecule has 0 aromatic heterocycles. The van der Waals surface area contributed by atoms with Crippen LogP contribution in [0.25, 0.3) is 0 Å². The van der Waals surface area contributed by atoms with E-state index < -0.39 is 0 Å². The van der Waals surface area contributed by atoms with Crippen molar-refractivity contribution in [1.82, 2.24) is 9.80 Å². The standard InChI is InChI=1S/C25H41N3/c1-26(17-5-2-6-18-27-19-7-3-8-20-27)23-13-11-22(12-14-23)25-16-15-24-10-4-9-21-28(24)25/h11-14,24-25H,2-10,15-21H2,1H3/t24-,25-/m1/s1. The number of hydrogen-bond acceptors (Lipinski definition) is 3. The van der Waals surface area contributed by atoms with Gasteiger partial charge in [-0.05, 0) is 95.2 Å². The van der Waals surface area contributed by atoms with Crippen molar-refractivity contribution in [3.05, 3.63) is 29.8 Å². The summed E-state index contributed by atoms with van der Waals surface area (Å²) in [6.45, 7) is 6.49. The van der Waals surface area contributed by atoms with Crippen molar-refractivity contribution in [3.63, 3.8) is 0 Å². The Kier molecular flexibility index (Phi) is 7.31. The third-order valence-corrected chi connectivity index (χ3v) is 7.48. The summed E-state index contributed by atoms with van der Waals surface area (Å²) in [6.07, 6.45) is 15.3. The van der Waals surface area contributed by atoms with Gasteiger partial charge in [0.15, 0.2) is 0 Å². The van der Waals surface area contributed by atoms with Crippen molar-refractivity contribution in [2.24, 2.45) is 0 Å². The van der Waals surface area contributed by atoms with Gasteiger partial charge in [-0.2, -0.15) is 0 Å². The van der Waals surface area contributed by atoms with Gasteiger partial charge in [0.05, 0.1) is 0 Å². The fraction of sp³-hybridized carbons (Fsp3) is 0.760. The van der Waals surface area contributed by atoms with Crippen LogP contribution in [0.4, 0.5) is 5.69 Å². The zero-order valence-electron chi connectivity index (χ0n) is 18.1. The average molecular weight is 384 g/mol. The lowest BCUT2D eigenvalue weighted by atomic mass is 10.0. The smallest absolute Gasteiger partial charge is 0.0363 e. The molecule has 0 spiro atoms. The highest BCUT2D eigenvalue weighted by molar-refractivity contribution is 5.47. The Bertz CT molecular complexity index is 578. The van der Waals surface area contributed by atoms with E-state index in [4.69, 9.17) is 0 Å². The predicted octanol–water partition coefficient (Wildman–Crippen LogP) is 5.47. The lowest BCUT2D eigenvalue weighted by Gasteiger charge is -2.34. The number of likely N-dealkylation sites (tertiary alicyclic amines) is 1. The largest absolute Gasteiger partial charge is 0.375 e. The quantitative estimate of drug-likeness (QED) is 0.551. The first kappa shape index (κ1) is 20.2. The Morgan fingerprint density at radius 1 is 0.821 bits per heavy atom. The maximum absolute atomic E-state index is 2.80. The van der Waals surface area contributed by atoms with Crippen molar-refractivity contribution < 1.29 is 0 Å². The molecule has 3 heteroatoms. The zero-order valence-corrected chi connectivity index (χ0v) is 18.1. The van der Waals surface area contributed by atoms with Crippen molar-refractivity contribution in [3.8, 4) is 0 Å². The summed E-state index contributed by atoms with van der Waals surface area (Å²) in [5.41, 5.74) is 2.93. The van der Waals surface area contributed by atoms with Crippen molar-refractivity contribution in [1.29, 1.82) is 0 Å². The van der Waals surface area contributed by atoms with Gasteiger partial charge in [0, 0.05) is 31.4 Å². The zero-order chi connectivity index (χ0) is 19.2. The van der Waals surface area contributed by atoms with Gasteiger partial charge in [0.2, 0.25) is 0 Å². The molecule has 3 fully saturated rings. The number of anilines is 1. The van der Waals surface area contributed by atoms with E-state index in [0.717, 1.165) is 6.04 Å². The summed E-state index contributed by atoms with van der Waals surface area (Å²) >= 11 is 0.